The number of carboxylic acids is 1. The fraction of sp³-hybridized carbons (Fsp3) is 0.846. The summed E-state index contributed by atoms with van der Waals surface area (Å²) < 4.78 is 0. The Kier molecular flexibility index (Phi) is 5.54. The highest BCUT2D eigenvalue weighted by Gasteiger charge is 2.33. The van der Waals surface area contributed by atoms with Crippen LogP contribution in [0.1, 0.15) is 12.8 Å². The Morgan fingerprint density at radius 1 is 1.30 bits per heavy atom. The van der Waals surface area contributed by atoms with Gasteiger partial charge in [0.05, 0.1) is 0 Å². The lowest BCUT2D eigenvalue weighted by molar-refractivity contribution is -0.141. The van der Waals surface area contributed by atoms with Gasteiger partial charge in [-0.3, -0.25) is 0 Å². The topological polar surface area (TPSA) is 64.1 Å². The number of carbonyl (C=O) groups excluding carboxylic acids is 1. The molecule has 1 N–H and O–H groups in total. The second-order valence-corrected chi connectivity index (χ2v) is 6.53. The molecule has 0 radical (unpaired) electrons. The molecule has 20 heavy (non-hydrogen) atoms. The minimum atomic E-state index is -0.904. The van der Waals surface area contributed by atoms with Crippen molar-refractivity contribution in [2.45, 2.75) is 18.9 Å². The Hall–Kier alpha value is -0.950. The number of likely N-dealkylation sites (N-methyl/N-ethyl adjacent to an activating group) is 1. The molecule has 2 rings (SSSR count). The number of rotatable bonds is 4. The molecule has 2 aliphatic rings. The van der Waals surface area contributed by atoms with Gasteiger partial charge in [0.25, 0.3) is 0 Å². The van der Waals surface area contributed by atoms with E-state index in [1.807, 2.05) is 0 Å². The van der Waals surface area contributed by atoms with Crippen LogP contribution in [0.25, 0.3) is 0 Å². The minimum Gasteiger partial charge on any atom is -0.480 e. The monoisotopic (exact) mass is 301 g/mol. The van der Waals surface area contributed by atoms with Gasteiger partial charge in [0.15, 0.2) is 0 Å². The summed E-state index contributed by atoms with van der Waals surface area (Å²) in [7, 11) is 1.76. The first-order valence-corrected chi connectivity index (χ1v) is 8.29. The van der Waals surface area contributed by atoms with Crippen LogP contribution in [0.3, 0.4) is 0 Å². The predicted octanol–water partition coefficient (Wildman–Crippen LogP) is 0.636. The maximum Gasteiger partial charge on any atom is 0.327 e. The number of thioether (sulfide) groups is 1. The molecule has 6 nitrogen and oxygen atoms in total. The number of nitrogens with zero attached hydrogens (tertiary/aromatic N) is 3. The maximum atomic E-state index is 12.4. The van der Waals surface area contributed by atoms with E-state index in [4.69, 9.17) is 0 Å². The standard InChI is InChI=1S/C13H23N3O3S/c1-14(6-7-15-4-2-3-5-15)13(19)16-8-9-20-10-11(16)12(17)18/h11H,2-10H2,1H3,(H,17,18). The second-order valence-electron chi connectivity index (χ2n) is 5.38. The first-order chi connectivity index (χ1) is 9.59. The van der Waals surface area contributed by atoms with Crippen molar-refractivity contribution in [1.29, 1.82) is 0 Å². The number of aliphatic carboxylic acids is 1. The first kappa shape index (κ1) is 15.4. The average molecular weight is 301 g/mol. The number of amides is 2. The normalized spacial score (nSPS) is 23.9. The van der Waals surface area contributed by atoms with E-state index >= 15 is 0 Å². The SMILES string of the molecule is CN(CCN1CCCC1)C(=O)N1CCSCC1C(=O)O. The average Bonchev–Trinajstić information content (AvgIpc) is 2.97. The minimum absolute atomic E-state index is 0.156. The molecule has 1 atom stereocenters. The van der Waals surface area contributed by atoms with E-state index in [2.05, 4.69) is 4.90 Å². The molecule has 0 saturated carbocycles. The van der Waals surface area contributed by atoms with Crippen molar-refractivity contribution in [1.82, 2.24) is 14.7 Å². The Labute approximate surface area is 124 Å². The van der Waals surface area contributed by atoms with E-state index in [1.165, 1.54) is 17.7 Å². The molecular formula is C13H23N3O3S. The van der Waals surface area contributed by atoms with Gasteiger partial charge in [-0.15, -0.1) is 0 Å². The van der Waals surface area contributed by atoms with Crippen LogP contribution in [0.15, 0.2) is 0 Å². The lowest BCUT2D eigenvalue weighted by atomic mass is 10.3. The van der Waals surface area contributed by atoms with E-state index in [0.717, 1.165) is 25.4 Å². The molecule has 1 unspecified atom stereocenters. The highest BCUT2D eigenvalue weighted by molar-refractivity contribution is 7.99. The summed E-state index contributed by atoms with van der Waals surface area (Å²) in [5, 5.41) is 9.21. The molecule has 7 heteroatoms. The molecule has 2 saturated heterocycles. The fourth-order valence-corrected chi connectivity index (χ4v) is 3.69. The van der Waals surface area contributed by atoms with E-state index in [1.54, 1.807) is 23.7 Å². The smallest absolute Gasteiger partial charge is 0.327 e. The van der Waals surface area contributed by atoms with Gasteiger partial charge >= 0.3 is 12.0 Å². The highest BCUT2D eigenvalue weighted by atomic mass is 32.2. The third-order valence-electron chi connectivity index (χ3n) is 3.94. The third kappa shape index (κ3) is 3.79. The second kappa shape index (κ2) is 7.17. The molecule has 2 fully saturated rings. The van der Waals surface area contributed by atoms with Crippen molar-refractivity contribution in [3.05, 3.63) is 0 Å². The van der Waals surface area contributed by atoms with Gasteiger partial charge < -0.3 is 19.8 Å². The molecule has 0 aromatic rings. The van der Waals surface area contributed by atoms with Crippen molar-refractivity contribution in [3.63, 3.8) is 0 Å². The zero-order valence-corrected chi connectivity index (χ0v) is 12.8. The molecule has 2 amide bonds. The Morgan fingerprint density at radius 3 is 2.65 bits per heavy atom. The van der Waals surface area contributed by atoms with Crippen molar-refractivity contribution in [3.8, 4) is 0 Å². The van der Waals surface area contributed by atoms with Gasteiger partial charge in [0.2, 0.25) is 0 Å². The van der Waals surface area contributed by atoms with Gasteiger partial charge in [0, 0.05) is 38.2 Å². The third-order valence-corrected chi connectivity index (χ3v) is 4.96. The summed E-state index contributed by atoms with van der Waals surface area (Å²) in [6, 6.07) is -0.840. The number of carbonyl (C=O) groups is 2. The molecule has 2 aliphatic heterocycles. The Balaban J connectivity index is 1.85. The van der Waals surface area contributed by atoms with Gasteiger partial charge in [-0.05, 0) is 25.9 Å². The molecule has 0 aromatic heterocycles. The highest BCUT2D eigenvalue weighted by Crippen LogP contribution is 2.18. The zero-order valence-electron chi connectivity index (χ0n) is 12.0. The van der Waals surface area contributed by atoms with Gasteiger partial charge in [0.1, 0.15) is 6.04 Å². The van der Waals surface area contributed by atoms with Gasteiger partial charge in [-0.25, -0.2) is 9.59 Å². The van der Waals surface area contributed by atoms with Crippen molar-refractivity contribution in [2.75, 3.05) is 51.3 Å². The summed E-state index contributed by atoms with van der Waals surface area (Å²) >= 11 is 1.60. The Bertz CT molecular complexity index is 361. The lowest BCUT2D eigenvalue weighted by Crippen LogP contribution is -2.54. The molecular weight excluding hydrogens is 278 g/mol. The number of hydrogen-bond donors (Lipinski definition) is 1. The quantitative estimate of drug-likeness (QED) is 0.825. The molecule has 0 bridgehead atoms. The molecule has 2 heterocycles. The molecule has 0 aromatic carbocycles. The lowest BCUT2D eigenvalue weighted by Gasteiger charge is -2.35. The van der Waals surface area contributed by atoms with Crippen LogP contribution in [0.5, 0.6) is 0 Å². The van der Waals surface area contributed by atoms with E-state index in [9.17, 15) is 14.7 Å². The predicted molar refractivity (Wildman–Crippen MR) is 79.2 cm³/mol. The zero-order chi connectivity index (χ0) is 14.5. The van der Waals surface area contributed by atoms with Crippen LogP contribution in [0.4, 0.5) is 4.79 Å². The van der Waals surface area contributed by atoms with Crippen LogP contribution in [0.2, 0.25) is 0 Å². The summed E-state index contributed by atoms with van der Waals surface area (Å²) in [5.41, 5.74) is 0. The van der Waals surface area contributed by atoms with Crippen LogP contribution >= 0.6 is 11.8 Å². The maximum absolute atomic E-state index is 12.4. The summed E-state index contributed by atoms with van der Waals surface area (Å²) in [6.07, 6.45) is 2.48. The van der Waals surface area contributed by atoms with E-state index in [-0.39, 0.29) is 6.03 Å². The Morgan fingerprint density at radius 2 is 2.00 bits per heavy atom. The molecule has 0 spiro atoms. The summed E-state index contributed by atoms with van der Waals surface area (Å²) in [5.74, 6) is 0.398. The largest absolute Gasteiger partial charge is 0.480 e. The fourth-order valence-electron chi connectivity index (χ4n) is 2.65. The summed E-state index contributed by atoms with van der Waals surface area (Å²) in [6.45, 7) is 4.28. The van der Waals surface area contributed by atoms with Crippen molar-refractivity contribution >= 4 is 23.8 Å². The van der Waals surface area contributed by atoms with Crippen LogP contribution in [-0.4, -0.2) is 89.1 Å². The summed E-state index contributed by atoms with van der Waals surface area (Å²) in [4.78, 5) is 29.1. The number of carboxylic acid groups (broad SMARTS) is 1. The van der Waals surface area contributed by atoms with Crippen LogP contribution in [0, 0.1) is 0 Å². The molecule has 0 aliphatic carbocycles. The van der Waals surface area contributed by atoms with Gasteiger partial charge in [-0.1, -0.05) is 0 Å². The van der Waals surface area contributed by atoms with Crippen LogP contribution < -0.4 is 0 Å². The van der Waals surface area contributed by atoms with Gasteiger partial charge in [-0.2, -0.15) is 11.8 Å². The number of urea groups is 1. The van der Waals surface area contributed by atoms with Crippen molar-refractivity contribution in [2.24, 2.45) is 0 Å². The van der Waals surface area contributed by atoms with Crippen LogP contribution in [-0.2, 0) is 4.79 Å². The first-order valence-electron chi connectivity index (χ1n) is 7.14. The van der Waals surface area contributed by atoms with E-state index < -0.39 is 12.0 Å². The molecule has 114 valence electrons. The number of hydrogen-bond acceptors (Lipinski definition) is 4. The van der Waals surface area contributed by atoms with Crippen molar-refractivity contribution < 1.29 is 14.7 Å². The number of likely N-dealkylation sites (tertiary alicyclic amines) is 1. The van der Waals surface area contributed by atoms with E-state index in [0.29, 0.717) is 18.8 Å².